The predicted molar refractivity (Wildman–Crippen MR) is 110 cm³/mol. The first-order valence-electron chi connectivity index (χ1n) is 9.22. The number of imide groups is 1. The molecule has 0 bridgehead atoms. The highest BCUT2D eigenvalue weighted by Gasteiger charge is 2.50. The fraction of sp³-hybridized carbons (Fsp3) is 0.238. The Balaban J connectivity index is 1.68. The molecule has 0 saturated carbocycles. The van der Waals surface area contributed by atoms with Crippen LogP contribution in [-0.2, 0) is 19.9 Å². The van der Waals surface area contributed by atoms with Crippen molar-refractivity contribution in [3.8, 4) is 0 Å². The average Bonchev–Trinajstić information content (AvgIpc) is 2.92. The molecule has 2 aromatic rings. The summed E-state index contributed by atoms with van der Waals surface area (Å²) >= 11 is 6.19. The monoisotopic (exact) mass is 429 g/mol. The summed E-state index contributed by atoms with van der Waals surface area (Å²) in [5.41, 5.74) is -0.160. The maximum absolute atomic E-state index is 12.9. The van der Waals surface area contributed by atoms with Gasteiger partial charge in [-0.1, -0.05) is 29.8 Å². The van der Waals surface area contributed by atoms with Crippen LogP contribution >= 0.6 is 11.6 Å². The lowest BCUT2D eigenvalue weighted by Crippen LogP contribution is -2.42. The number of benzene rings is 2. The first-order valence-corrected chi connectivity index (χ1v) is 9.60. The number of carbonyl (C=O) groups is 4. The van der Waals surface area contributed by atoms with Gasteiger partial charge in [-0.3, -0.25) is 14.5 Å². The van der Waals surface area contributed by atoms with E-state index < -0.39 is 35.9 Å². The van der Waals surface area contributed by atoms with Crippen molar-refractivity contribution in [1.82, 2.24) is 10.2 Å². The molecular formula is C21H20ClN3O5. The summed E-state index contributed by atoms with van der Waals surface area (Å²) in [6.07, 6.45) is 0. The molecule has 4 amide bonds. The van der Waals surface area contributed by atoms with Gasteiger partial charge < -0.3 is 15.4 Å². The maximum atomic E-state index is 12.9. The molecule has 156 valence electrons. The van der Waals surface area contributed by atoms with Crippen molar-refractivity contribution in [3.05, 3.63) is 64.7 Å². The van der Waals surface area contributed by atoms with Crippen molar-refractivity contribution in [1.29, 1.82) is 0 Å². The number of hydrogen-bond donors (Lipinski definition) is 2. The van der Waals surface area contributed by atoms with E-state index in [0.717, 1.165) is 4.90 Å². The van der Waals surface area contributed by atoms with Crippen LogP contribution in [0.3, 0.4) is 0 Å². The highest BCUT2D eigenvalue weighted by atomic mass is 35.5. The Morgan fingerprint density at radius 2 is 1.80 bits per heavy atom. The Hall–Kier alpha value is -3.39. The van der Waals surface area contributed by atoms with Crippen molar-refractivity contribution in [2.24, 2.45) is 0 Å². The van der Waals surface area contributed by atoms with E-state index in [2.05, 4.69) is 10.6 Å². The van der Waals surface area contributed by atoms with Crippen molar-refractivity contribution in [2.45, 2.75) is 19.4 Å². The Morgan fingerprint density at radius 1 is 1.13 bits per heavy atom. The lowest BCUT2D eigenvalue weighted by atomic mass is 9.92. The first kappa shape index (κ1) is 21.3. The fourth-order valence-corrected chi connectivity index (χ4v) is 3.46. The lowest BCUT2D eigenvalue weighted by Gasteiger charge is -2.23. The van der Waals surface area contributed by atoms with Crippen LogP contribution < -0.4 is 10.6 Å². The number of halogens is 1. The third-order valence-corrected chi connectivity index (χ3v) is 5.00. The number of ether oxygens (including phenoxy) is 1. The third-order valence-electron chi connectivity index (χ3n) is 4.67. The van der Waals surface area contributed by atoms with Crippen LogP contribution in [0.1, 0.15) is 29.8 Å². The van der Waals surface area contributed by atoms with Gasteiger partial charge >= 0.3 is 12.0 Å². The number of hydrogen-bond acceptors (Lipinski definition) is 5. The Labute approximate surface area is 178 Å². The summed E-state index contributed by atoms with van der Waals surface area (Å²) in [7, 11) is 0. The average molecular weight is 430 g/mol. The molecule has 2 aromatic carbocycles. The van der Waals surface area contributed by atoms with Crippen LogP contribution in [0.5, 0.6) is 0 Å². The molecule has 1 saturated heterocycles. The molecule has 30 heavy (non-hydrogen) atoms. The summed E-state index contributed by atoms with van der Waals surface area (Å²) in [5.74, 6) is -1.60. The van der Waals surface area contributed by atoms with Crippen LogP contribution in [0, 0.1) is 0 Å². The van der Waals surface area contributed by atoms with E-state index in [0.29, 0.717) is 21.8 Å². The molecule has 3 rings (SSSR count). The minimum atomic E-state index is -1.36. The zero-order valence-electron chi connectivity index (χ0n) is 16.4. The largest absolute Gasteiger partial charge is 0.462 e. The van der Waals surface area contributed by atoms with Gasteiger partial charge in [0, 0.05) is 16.3 Å². The molecular weight excluding hydrogens is 410 g/mol. The van der Waals surface area contributed by atoms with E-state index in [-0.39, 0.29) is 6.61 Å². The van der Waals surface area contributed by atoms with Crippen molar-refractivity contribution in [2.75, 3.05) is 18.5 Å². The summed E-state index contributed by atoms with van der Waals surface area (Å²) in [5, 5.41) is 5.54. The number of anilines is 1. The van der Waals surface area contributed by atoms with Crippen LogP contribution in [-0.4, -0.2) is 41.9 Å². The topological polar surface area (TPSA) is 105 Å². The lowest BCUT2D eigenvalue weighted by molar-refractivity contribution is -0.133. The van der Waals surface area contributed by atoms with E-state index in [1.54, 1.807) is 38.1 Å². The Morgan fingerprint density at radius 3 is 2.43 bits per heavy atom. The molecule has 0 aromatic heterocycles. The summed E-state index contributed by atoms with van der Waals surface area (Å²) in [6, 6.07) is 12.1. The smallest absolute Gasteiger partial charge is 0.338 e. The number of esters is 1. The molecule has 0 radical (unpaired) electrons. The SMILES string of the molecule is CCOC(=O)c1ccc(NC(=O)CN2C(=O)N[C@@](C)(c3ccccc3Cl)C2=O)cc1. The molecule has 1 aliphatic rings. The molecule has 2 N–H and O–H groups in total. The molecule has 8 nitrogen and oxygen atoms in total. The molecule has 1 heterocycles. The number of amides is 4. The summed E-state index contributed by atoms with van der Waals surface area (Å²) in [4.78, 5) is 50.2. The van der Waals surface area contributed by atoms with E-state index in [1.807, 2.05) is 0 Å². The summed E-state index contributed by atoms with van der Waals surface area (Å²) < 4.78 is 4.90. The number of carbonyl (C=O) groups excluding carboxylic acids is 4. The molecule has 0 unspecified atom stereocenters. The van der Waals surface area contributed by atoms with Gasteiger partial charge in [-0.2, -0.15) is 0 Å². The maximum Gasteiger partial charge on any atom is 0.338 e. The fourth-order valence-electron chi connectivity index (χ4n) is 3.14. The second-order valence-electron chi connectivity index (χ2n) is 6.77. The van der Waals surface area contributed by atoms with Crippen LogP contribution in [0.15, 0.2) is 48.5 Å². The van der Waals surface area contributed by atoms with Crippen LogP contribution in [0.25, 0.3) is 0 Å². The van der Waals surface area contributed by atoms with E-state index in [9.17, 15) is 19.2 Å². The van der Waals surface area contributed by atoms with Gasteiger partial charge in [0.05, 0.1) is 12.2 Å². The number of nitrogens with zero attached hydrogens (tertiary/aromatic N) is 1. The predicted octanol–water partition coefficient (Wildman–Crippen LogP) is 2.92. The quantitative estimate of drug-likeness (QED) is 0.542. The van der Waals surface area contributed by atoms with E-state index >= 15 is 0 Å². The molecule has 0 aliphatic carbocycles. The molecule has 0 spiro atoms. The number of rotatable bonds is 6. The standard InChI is InChI=1S/C21H20ClN3O5/c1-3-30-18(27)13-8-10-14(11-9-13)23-17(26)12-25-19(28)21(2,24-20(25)29)15-6-4-5-7-16(15)22/h4-11H,3,12H2,1-2H3,(H,23,26)(H,24,29)/t21-/m0/s1. The number of urea groups is 1. The molecule has 1 fully saturated rings. The van der Waals surface area contributed by atoms with Crippen molar-refractivity contribution in [3.63, 3.8) is 0 Å². The van der Waals surface area contributed by atoms with Crippen LogP contribution in [0.2, 0.25) is 5.02 Å². The van der Waals surface area contributed by atoms with Gasteiger partial charge in [-0.15, -0.1) is 0 Å². The summed E-state index contributed by atoms with van der Waals surface area (Å²) in [6.45, 7) is 3.04. The zero-order valence-corrected chi connectivity index (χ0v) is 17.2. The van der Waals surface area contributed by atoms with Crippen molar-refractivity contribution < 1.29 is 23.9 Å². The second-order valence-corrected chi connectivity index (χ2v) is 7.18. The van der Waals surface area contributed by atoms with Crippen LogP contribution in [0.4, 0.5) is 10.5 Å². The van der Waals surface area contributed by atoms with Gasteiger partial charge in [0.25, 0.3) is 5.91 Å². The van der Waals surface area contributed by atoms with Gasteiger partial charge in [0.15, 0.2) is 0 Å². The van der Waals surface area contributed by atoms with Gasteiger partial charge in [0.2, 0.25) is 5.91 Å². The minimum Gasteiger partial charge on any atom is -0.462 e. The van der Waals surface area contributed by atoms with Crippen molar-refractivity contribution >= 4 is 41.1 Å². The normalized spacial score (nSPS) is 18.2. The molecule has 1 atom stereocenters. The van der Waals surface area contributed by atoms with Gasteiger partial charge in [0.1, 0.15) is 12.1 Å². The molecule has 1 aliphatic heterocycles. The van der Waals surface area contributed by atoms with E-state index in [4.69, 9.17) is 16.3 Å². The Kier molecular flexibility index (Phi) is 6.07. The first-order chi connectivity index (χ1) is 14.3. The minimum absolute atomic E-state index is 0.260. The Bertz CT molecular complexity index is 1010. The highest BCUT2D eigenvalue weighted by Crippen LogP contribution is 2.33. The third kappa shape index (κ3) is 4.13. The molecule has 9 heteroatoms. The van der Waals surface area contributed by atoms with Gasteiger partial charge in [-0.25, -0.2) is 9.59 Å². The van der Waals surface area contributed by atoms with Gasteiger partial charge in [-0.05, 0) is 44.2 Å². The zero-order chi connectivity index (χ0) is 21.9. The second kappa shape index (κ2) is 8.54. The van der Waals surface area contributed by atoms with E-state index in [1.165, 1.54) is 24.3 Å². The highest BCUT2D eigenvalue weighted by molar-refractivity contribution is 6.32. The number of nitrogens with one attached hydrogen (secondary N) is 2.